The molecule has 4 nitrogen and oxygen atoms in total. The molecule has 1 aromatic rings. The van der Waals surface area contributed by atoms with Gasteiger partial charge in [-0.3, -0.25) is 0 Å². The summed E-state index contributed by atoms with van der Waals surface area (Å²) < 4.78 is 0. The molecule has 2 atom stereocenters. The molecule has 0 radical (unpaired) electrons. The van der Waals surface area contributed by atoms with Crippen LogP contribution in [-0.2, 0) is 0 Å². The molecule has 0 saturated heterocycles. The summed E-state index contributed by atoms with van der Waals surface area (Å²) >= 11 is 0. The van der Waals surface area contributed by atoms with Gasteiger partial charge in [-0.15, -0.1) is 0 Å². The van der Waals surface area contributed by atoms with Gasteiger partial charge in [0.25, 0.3) is 0 Å². The van der Waals surface area contributed by atoms with E-state index >= 15 is 0 Å². The Bertz CT molecular complexity index is 364. The van der Waals surface area contributed by atoms with Crippen LogP contribution in [0.1, 0.15) is 31.7 Å². The maximum Gasteiger partial charge on any atom is 0.221 e. The first-order valence-corrected chi connectivity index (χ1v) is 6.00. The highest BCUT2D eigenvalue weighted by Crippen LogP contribution is 2.31. The van der Waals surface area contributed by atoms with Crippen molar-refractivity contribution < 1.29 is 0 Å². The maximum atomic E-state index is 5.58. The average Bonchev–Trinajstić information content (AvgIpc) is 2.66. The van der Waals surface area contributed by atoms with Crippen molar-refractivity contribution in [3.63, 3.8) is 0 Å². The van der Waals surface area contributed by atoms with E-state index < -0.39 is 0 Å². The second-order valence-corrected chi connectivity index (χ2v) is 4.81. The Hall–Kier alpha value is -1.32. The molecule has 2 unspecified atom stereocenters. The molecule has 1 aromatic heterocycles. The van der Waals surface area contributed by atoms with Gasteiger partial charge in [0.05, 0.1) is 0 Å². The van der Waals surface area contributed by atoms with Crippen molar-refractivity contribution in [1.82, 2.24) is 9.97 Å². The lowest BCUT2D eigenvalue weighted by Crippen LogP contribution is -2.18. The van der Waals surface area contributed by atoms with Crippen molar-refractivity contribution in [1.29, 1.82) is 0 Å². The second kappa shape index (κ2) is 4.68. The Morgan fingerprint density at radius 2 is 2.31 bits per heavy atom. The molecule has 88 valence electrons. The molecule has 2 rings (SSSR count). The number of nitrogen functional groups attached to an aromatic ring is 1. The zero-order valence-corrected chi connectivity index (χ0v) is 10.0. The zero-order chi connectivity index (χ0) is 11.5. The standard InChI is InChI=1S/C12H20N4/c1-8-4-3-5-10(8)7-14-11-9(2)6-15-12(13)16-11/h6,8,10H,3-5,7H2,1-2H3,(H3,13,14,15,16). The average molecular weight is 220 g/mol. The molecule has 16 heavy (non-hydrogen) atoms. The van der Waals surface area contributed by atoms with Crippen LogP contribution in [0.25, 0.3) is 0 Å². The van der Waals surface area contributed by atoms with E-state index in [0.717, 1.165) is 29.8 Å². The van der Waals surface area contributed by atoms with Crippen molar-refractivity contribution in [2.75, 3.05) is 17.6 Å². The Morgan fingerprint density at radius 1 is 1.50 bits per heavy atom. The number of nitrogens with one attached hydrogen (secondary N) is 1. The van der Waals surface area contributed by atoms with Gasteiger partial charge < -0.3 is 11.1 Å². The summed E-state index contributed by atoms with van der Waals surface area (Å²) in [5.41, 5.74) is 6.63. The Balaban J connectivity index is 1.96. The normalized spacial score (nSPS) is 24.6. The van der Waals surface area contributed by atoms with Gasteiger partial charge in [0, 0.05) is 18.3 Å². The van der Waals surface area contributed by atoms with Gasteiger partial charge >= 0.3 is 0 Å². The lowest BCUT2D eigenvalue weighted by atomic mass is 9.98. The predicted molar refractivity (Wildman–Crippen MR) is 66.2 cm³/mol. The number of nitrogens with two attached hydrogens (primary N) is 1. The van der Waals surface area contributed by atoms with E-state index in [1.807, 2.05) is 6.92 Å². The van der Waals surface area contributed by atoms with E-state index in [-0.39, 0.29) is 0 Å². The smallest absolute Gasteiger partial charge is 0.221 e. The summed E-state index contributed by atoms with van der Waals surface area (Å²) in [6.45, 7) is 5.33. The Morgan fingerprint density at radius 3 is 3.00 bits per heavy atom. The largest absolute Gasteiger partial charge is 0.369 e. The summed E-state index contributed by atoms with van der Waals surface area (Å²) in [6, 6.07) is 0. The van der Waals surface area contributed by atoms with Gasteiger partial charge in [-0.1, -0.05) is 19.8 Å². The summed E-state index contributed by atoms with van der Waals surface area (Å²) in [4.78, 5) is 8.18. The Labute approximate surface area is 96.7 Å². The quantitative estimate of drug-likeness (QED) is 0.819. The lowest BCUT2D eigenvalue weighted by Gasteiger charge is -2.17. The fraction of sp³-hybridized carbons (Fsp3) is 0.667. The lowest BCUT2D eigenvalue weighted by molar-refractivity contribution is 0.439. The third kappa shape index (κ3) is 2.43. The van der Waals surface area contributed by atoms with E-state index in [1.54, 1.807) is 6.20 Å². The SMILES string of the molecule is Cc1cnc(N)nc1NCC1CCCC1C. The maximum absolute atomic E-state index is 5.58. The molecule has 0 aliphatic heterocycles. The van der Waals surface area contributed by atoms with Gasteiger partial charge in [-0.25, -0.2) is 4.98 Å². The van der Waals surface area contributed by atoms with Crippen LogP contribution in [0.2, 0.25) is 0 Å². The monoisotopic (exact) mass is 220 g/mol. The minimum absolute atomic E-state index is 0.340. The summed E-state index contributed by atoms with van der Waals surface area (Å²) in [7, 11) is 0. The molecule has 1 aliphatic rings. The van der Waals surface area contributed by atoms with Crippen molar-refractivity contribution in [3.05, 3.63) is 11.8 Å². The van der Waals surface area contributed by atoms with Crippen LogP contribution >= 0.6 is 0 Å². The van der Waals surface area contributed by atoms with Gasteiger partial charge in [0.2, 0.25) is 5.95 Å². The molecule has 1 fully saturated rings. The molecule has 1 saturated carbocycles. The molecule has 0 aromatic carbocycles. The van der Waals surface area contributed by atoms with Crippen LogP contribution in [0.3, 0.4) is 0 Å². The molecule has 0 amide bonds. The van der Waals surface area contributed by atoms with E-state index in [4.69, 9.17) is 5.73 Å². The van der Waals surface area contributed by atoms with E-state index in [0.29, 0.717) is 5.95 Å². The Kier molecular flexibility index (Phi) is 3.27. The third-order valence-corrected chi connectivity index (χ3v) is 3.56. The molecule has 4 heteroatoms. The number of aryl methyl sites for hydroxylation is 1. The highest BCUT2D eigenvalue weighted by Gasteiger charge is 2.23. The first-order chi connectivity index (χ1) is 7.66. The first kappa shape index (κ1) is 11.2. The van der Waals surface area contributed by atoms with E-state index in [2.05, 4.69) is 22.2 Å². The highest BCUT2D eigenvalue weighted by molar-refractivity contribution is 5.45. The van der Waals surface area contributed by atoms with Crippen molar-refractivity contribution in [2.24, 2.45) is 11.8 Å². The van der Waals surface area contributed by atoms with Gasteiger partial charge in [0.15, 0.2) is 0 Å². The minimum Gasteiger partial charge on any atom is -0.369 e. The van der Waals surface area contributed by atoms with Crippen molar-refractivity contribution in [2.45, 2.75) is 33.1 Å². The van der Waals surface area contributed by atoms with Gasteiger partial charge in [0.1, 0.15) is 5.82 Å². The van der Waals surface area contributed by atoms with Crippen molar-refractivity contribution >= 4 is 11.8 Å². The summed E-state index contributed by atoms with van der Waals surface area (Å²) in [5.74, 6) is 2.82. The fourth-order valence-corrected chi connectivity index (χ4v) is 2.39. The molecular weight excluding hydrogens is 200 g/mol. The number of nitrogens with zero attached hydrogens (tertiary/aromatic N) is 2. The number of aromatic nitrogens is 2. The zero-order valence-electron chi connectivity index (χ0n) is 10.0. The number of hydrogen-bond donors (Lipinski definition) is 2. The molecule has 0 bridgehead atoms. The number of rotatable bonds is 3. The van der Waals surface area contributed by atoms with Crippen LogP contribution in [0.15, 0.2) is 6.20 Å². The van der Waals surface area contributed by atoms with Crippen LogP contribution in [-0.4, -0.2) is 16.5 Å². The van der Waals surface area contributed by atoms with E-state index in [9.17, 15) is 0 Å². The van der Waals surface area contributed by atoms with Crippen LogP contribution in [0.5, 0.6) is 0 Å². The fourth-order valence-electron chi connectivity index (χ4n) is 2.39. The molecular formula is C12H20N4. The third-order valence-electron chi connectivity index (χ3n) is 3.56. The van der Waals surface area contributed by atoms with Crippen molar-refractivity contribution in [3.8, 4) is 0 Å². The van der Waals surface area contributed by atoms with Crippen LogP contribution < -0.4 is 11.1 Å². The number of anilines is 2. The highest BCUT2D eigenvalue weighted by atomic mass is 15.1. The molecule has 0 spiro atoms. The van der Waals surface area contributed by atoms with Crippen LogP contribution in [0.4, 0.5) is 11.8 Å². The summed E-state index contributed by atoms with van der Waals surface area (Å²) in [6.07, 6.45) is 5.81. The van der Waals surface area contributed by atoms with E-state index in [1.165, 1.54) is 19.3 Å². The molecule has 1 heterocycles. The number of hydrogen-bond acceptors (Lipinski definition) is 4. The molecule has 3 N–H and O–H groups in total. The predicted octanol–water partition coefficient (Wildman–Crippen LogP) is 2.22. The first-order valence-electron chi connectivity index (χ1n) is 6.00. The van der Waals surface area contributed by atoms with Gasteiger partial charge in [-0.05, 0) is 25.2 Å². The van der Waals surface area contributed by atoms with Crippen LogP contribution in [0, 0.1) is 18.8 Å². The second-order valence-electron chi connectivity index (χ2n) is 4.81. The minimum atomic E-state index is 0.340. The summed E-state index contributed by atoms with van der Waals surface area (Å²) in [5, 5.41) is 3.40. The van der Waals surface area contributed by atoms with Gasteiger partial charge in [-0.2, -0.15) is 4.98 Å². The topological polar surface area (TPSA) is 63.8 Å². The molecule has 1 aliphatic carbocycles.